The molecule has 1 aromatic carbocycles. The number of urea groups is 1. The molecule has 0 radical (unpaired) electrons. The van der Waals surface area contributed by atoms with Gasteiger partial charge in [-0.2, -0.15) is 0 Å². The van der Waals surface area contributed by atoms with Gasteiger partial charge in [0.15, 0.2) is 5.13 Å². The zero-order valence-corrected chi connectivity index (χ0v) is 17.6. The number of amides is 2. The van der Waals surface area contributed by atoms with Crippen LogP contribution in [0.1, 0.15) is 18.4 Å². The number of methoxy groups -OCH3 is 1. The molecule has 2 aliphatic rings. The molecular formula is C20H28N4O3S. The number of fused-ring (bicyclic) bond motifs is 1. The van der Waals surface area contributed by atoms with E-state index >= 15 is 0 Å². The van der Waals surface area contributed by atoms with Crippen LogP contribution in [0.4, 0.5) is 9.93 Å². The summed E-state index contributed by atoms with van der Waals surface area (Å²) >= 11 is 1.73. The number of thiazole rings is 1. The lowest BCUT2D eigenvalue weighted by atomic mass is 10.0. The highest BCUT2D eigenvalue weighted by Crippen LogP contribution is 2.37. The number of aromatic nitrogens is 1. The van der Waals surface area contributed by atoms with Gasteiger partial charge in [0.25, 0.3) is 0 Å². The fraction of sp³-hybridized carbons (Fsp3) is 0.600. The number of ether oxygens (including phenoxy) is 2. The molecule has 0 bridgehead atoms. The smallest absolute Gasteiger partial charge is 0.320 e. The Morgan fingerprint density at radius 2 is 1.96 bits per heavy atom. The van der Waals surface area contributed by atoms with E-state index in [4.69, 9.17) is 14.5 Å². The molecule has 28 heavy (non-hydrogen) atoms. The Morgan fingerprint density at radius 1 is 1.25 bits per heavy atom. The van der Waals surface area contributed by atoms with Gasteiger partial charge in [-0.05, 0) is 31.4 Å². The highest BCUT2D eigenvalue weighted by molar-refractivity contribution is 7.22. The van der Waals surface area contributed by atoms with E-state index in [0.29, 0.717) is 26.3 Å². The summed E-state index contributed by atoms with van der Waals surface area (Å²) in [5, 5.41) is 1.04. The minimum absolute atomic E-state index is 0.127. The topological polar surface area (TPSA) is 58.1 Å². The molecule has 8 heteroatoms. The Kier molecular flexibility index (Phi) is 5.59. The quantitative estimate of drug-likeness (QED) is 0.787. The van der Waals surface area contributed by atoms with Crippen molar-refractivity contribution in [2.24, 2.45) is 0 Å². The molecule has 0 atom stereocenters. The van der Waals surface area contributed by atoms with Gasteiger partial charge < -0.3 is 24.2 Å². The van der Waals surface area contributed by atoms with Crippen LogP contribution in [0.15, 0.2) is 12.1 Å². The predicted molar refractivity (Wildman–Crippen MR) is 112 cm³/mol. The largest absolute Gasteiger partial charge is 0.494 e. The molecule has 7 nitrogen and oxygen atoms in total. The van der Waals surface area contributed by atoms with Gasteiger partial charge in [0, 0.05) is 39.3 Å². The second-order valence-corrected chi connectivity index (χ2v) is 8.45. The van der Waals surface area contributed by atoms with E-state index in [9.17, 15) is 4.79 Å². The number of hydrogen-bond donors (Lipinski definition) is 0. The van der Waals surface area contributed by atoms with Gasteiger partial charge in [-0.15, -0.1) is 0 Å². The molecule has 2 aliphatic heterocycles. The van der Waals surface area contributed by atoms with Crippen LogP contribution in [0.2, 0.25) is 0 Å². The number of hydrogen-bond acceptors (Lipinski definition) is 6. The van der Waals surface area contributed by atoms with Gasteiger partial charge >= 0.3 is 6.03 Å². The van der Waals surface area contributed by atoms with Gasteiger partial charge in [0.2, 0.25) is 0 Å². The Balaban J connectivity index is 1.42. The maximum atomic E-state index is 12.7. The highest BCUT2D eigenvalue weighted by atomic mass is 32.1. The molecule has 2 fully saturated rings. The number of morpholine rings is 1. The van der Waals surface area contributed by atoms with Crippen molar-refractivity contribution >= 4 is 32.7 Å². The van der Waals surface area contributed by atoms with Crippen LogP contribution in [0.25, 0.3) is 10.2 Å². The lowest BCUT2D eigenvalue weighted by Crippen LogP contribution is -2.52. The number of benzene rings is 1. The maximum absolute atomic E-state index is 12.7. The molecule has 0 unspecified atom stereocenters. The first-order chi connectivity index (χ1) is 13.6. The molecule has 1 aromatic heterocycles. The molecule has 0 saturated carbocycles. The SMILES string of the molecule is COc1ccc(C)c2sc(N3CCC(N(C)C(=O)N4CCOCC4)CC3)nc12. The van der Waals surface area contributed by atoms with E-state index < -0.39 is 0 Å². The summed E-state index contributed by atoms with van der Waals surface area (Å²) in [6, 6.07) is 4.47. The van der Waals surface area contributed by atoms with Crippen molar-refractivity contribution in [3.8, 4) is 5.75 Å². The first-order valence-electron chi connectivity index (χ1n) is 9.87. The number of carbonyl (C=O) groups is 1. The molecular weight excluding hydrogens is 376 g/mol. The maximum Gasteiger partial charge on any atom is 0.320 e. The van der Waals surface area contributed by atoms with E-state index in [2.05, 4.69) is 17.9 Å². The van der Waals surface area contributed by atoms with Crippen LogP contribution in [-0.4, -0.2) is 80.4 Å². The summed E-state index contributed by atoms with van der Waals surface area (Å²) in [4.78, 5) is 23.8. The third-order valence-corrected chi connectivity index (χ3v) is 7.03. The Hall–Kier alpha value is -2.06. The van der Waals surface area contributed by atoms with E-state index in [0.717, 1.165) is 42.3 Å². The molecule has 2 aromatic rings. The van der Waals surface area contributed by atoms with Gasteiger partial charge in [0.1, 0.15) is 11.3 Å². The molecule has 0 spiro atoms. The normalized spacial score (nSPS) is 18.5. The second-order valence-electron chi connectivity index (χ2n) is 7.47. The van der Waals surface area contributed by atoms with Crippen molar-refractivity contribution in [2.75, 3.05) is 58.5 Å². The number of aryl methyl sites for hydroxylation is 1. The third-order valence-electron chi connectivity index (χ3n) is 5.78. The Morgan fingerprint density at radius 3 is 2.64 bits per heavy atom. The van der Waals surface area contributed by atoms with Crippen LogP contribution in [-0.2, 0) is 4.74 Å². The molecule has 2 amide bonds. The number of anilines is 1. The van der Waals surface area contributed by atoms with Crippen LogP contribution in [0.3, 0.4) is 0 Å². The van der Waals surface area contributed by atoms with E-state index in [-0.39, 0.29) is 12.1 Å². The molecule has 4 rings (SSSR count). The third kappa shape index (κ3) is 3.63. The average Bonchev–Trinajstić information content (AvgIpc) is 3.20. The van der Waals surface area contributed by atoms with Crippen LogP contribution < -0.4 is 9.64 Å². The van der Waals surface area contributed by atoms with Crippen molar-refractivity contribution < 1.29 is 14.3 Å². The molecule has 3 heterocycles. The monoisotopic (exact) mass is 404 g/mol. The van der Waals surface area contributed by atoms with Gasteiger partial charge in [-0.1, -0.05) is 17.4 Å². The summed E-state index contributed by atoms with van der Waals surface area (Å²) < 4.78 is 12.0. The van der Waals surface area contributed by atoms with Gasteiger partial charge in [0.05, 0.1) is 25.0 Å². The zero-order valence-electron chi connectivity index (χ0n) is 16.8. The minimum atomic E-state index is 0.127. The first-order valence-corrected chi connectivity index (χ1v) is 10.7. The van der Waals surface area contributed by atoms with Crippen LogP contribution >= 0.6 is 11.3 Å². The van der Waals surface area contributed by atoms with Gasteiger partial charge in [-0.25, -0.2) is 9.78 Å². The fourth-order valence-corrected chi connectivity index (χ4v) is 5.08. The predicted octanol–water partition coefficient (Wildman–Crippen LogP) is 2.97. The van der Waals surface area contributed by atoms with Crippen molar-refractivity contribution in [1.82, 2.24) is 14.8 Å². The van der Waals surface area contributed by atoms with E-state index in [1.54, 1.807) is 18.4 Å². The van der Waals surface area contributed by atoms with Crippen molar-refractivity contribution in [1.29, 1.82) is 0 Å². The fourth-order valence-electron chi connectivity index (χ4n) is 3.98. The van der Waals surface area contributed by atoms with Crippen molar-refractivity contribution in [2.45, 2.75) is 25.8 Å². The standard InChI is InChI=1S/C20H28N4O3S/c1-14-4-5-16(26-3)17-18(14)28-19(21-17)23-8-6-15(7-9-23)22(2)20(25)24-10-12-27-13-11-24/h4-5,15H,6-13H2,1-3H3. The van der Waals surface area contributed by atoms with Crippen LogP contribution in [0.5, 0.6) is 5.75 Å². The minimum Gasteiger partial charge on any atom is -0.494 e. The molecule has 2 saturated heterocycles. The van der Waals surface area contributed by atoms with E-state index in [1.165, 1.54) is 10.3 Å². The van der Waals surface area contributed by atoms with E-state index in [1.807, 2.05) is 22.9 Å². The lowest BCUT2D eigenvalue weighted by molar-refractivity contribution is 0.0409. The highest BCUT2D eigenvalue weighted by Gasteiger charge is 2.30. The van der Waals surface area contributed by atoms with Gasteiger partial charge in [-0.3, -0.25) is 0 Å². The second kappa shape index (κ2) is 8.13. The number of nitrogens with zero attached hydrogens (tertiary/aromatic N) is 4. The lowest BCUT2D eigenvalue weighted by Gasteiger charge is -2.39. The number of rotatable bonds is 3. The molecule has 0 aliphatic carbocycles. The zero-order chi connectivity index (χ0) is 19.7. The van der Waals surface area contributed by atoms with Crippen molar-refractivity contribution in [3.05, 3.63) is 17.7 Å². The van der Waals surface area contributed by atoms with Crippen molar-refractivity contribution in [3.63, 3.8) is 0 Å². The molecule has 0 N–H and O–H groups in total. The Labute approximate surface area is 169 Å². The summed E-state index contributed by atoms with van der Waals surface area (Å²) in [6.45, 7) is 6.59. The van der Waals surface area contributed by atoms with Crippen LogP contribution in [0, 0.1) is 6.92 Å². The number of carbonyl (C=O) groups excluding carboxylic acids is 1. The summed E-state index contributed by atoms with van der Waals surface area (Å²) in [5.74, 6) is 0.828. The Bertz CT molecular complexity index is 841. The molecule has 152 valence electrons. The first kappa shape index (κ1) is 19.3. The number of piperidine rings is 1. The summed E-state index contributed by atoms with van der Waals surface area (Å²) in [5.41, 5.74) is 2.18. The summed E-state index contributed by atoms with van der Waals surface area (Å²) in [7, 11) is 3.62. The average molecular weight is 405 g/mol. The summed E-state index contributed by atoms with van der Waals surface area (Å²) in [6.07, 6.45) is 1.91.